The Balaban J connectivity index is 1.35. The second kappa shape index (κ2) is 13.5. The summed E-state index contributed by atoms with van der Waals surface area (Å²) >= 11 is 0. The molecule has 0 bridgehead atoms. The van der Waals surface area contributed by atoms with Crippen molar-refractivity contribution in [3.05, 3.63) is 23.8 Å². The maximum Gasteiger partial charge on any atom is 0.293 e. The molecule has 4 saturated carbocycles. The number of amides is 1. The van der Waals surface area contributed by atoms with Crippen molar-refractivity contribution in [3.8, 4) is 5.75 Å². The van der Waals surface area contributed by atoms with E-state index in [2.05, 4.69) is 26.1 Å². The van der Waals surface area contributed by atoms with E-state index in [-0.39, 0.29) is 77.0 Å². The highest BCUT2D eigenvalue weighted by atomic mass is 16.5. The first-order chi connectivity index (χ1) is 21.6. The predicted octanol–water partition coefficient (Wildman–Crippen LogP) is 5.37. The van der Waals surface area contributed by atoms with E-state index >= 15 is 0 Å². The maximum atomic E-state index is 13.0. The molecule has 1 aromatic rings. The van der Waals surface area contributed by atoms with E-state index < -0.39 is 0 Å². The zero-order chi connectivity index (χ0) is 32.4. The van der Waals surface area contributed by atoms with Crippen LogP contribution in [0.2, 0.25) is 0 Å². The molecule has 246 valence electrons. The molecular formula is C35H47NO9. The normalized spacial score (nSPS) is 37.4. The van der Waals surface area contributed by atoms with Gasteiger partial charge in [0.2, 0.25) is 5.91 Å². The minimum Gasteiger partial charge on any atom is -0.497 e. The molecule has 0 radical (unpaired) electrons. The number of rotatable bonds is 13. The Hall–Kier alpha value is -3.43. The molecule has 1 amide bonds. The molecular weight excluding hydrogens is 578 g/mol. The first-order valence-electron chi connectivity index (χ1n) is 16.3. The number of fused-ring (bicyclic) bond motifs is 5. The van der Waals surface area contributed by atoms with E-state index in [0.29, 0.717) is 55.5 Å². The van der Waals surface area contributed by atoms with Crippen molar-refractivity contribution in [3.63, 3.8) is 0 Å². The van der Waals surface area contributed by atoms with Crippen molar-refractivity contribution in [1.29, 1.82) is 0 Å². The first-order valence-corrected chi connectivity index (χ1v) is 16.3. The van der Waals surface area contributed by atoms with Crippen LogP contribution in [-0.2, 0) is 33.4 Å². The van der Waals surface area contributed by atoms with Crippen LogP contribution in [0.15, 0.2) is 18.2 Å². The summed E-state index contributed by atoms with van der Waals surface area (Å²) in [6.45, 7) is 8.42. The summed E-state index contributed by atoms with van der Waals surface area (Å²) in [5, 5.41) is 2.88. The number of anilines is 1. The van der Waals surface area contributed by atoms with Crippen molar-refractivity contribution in [2.75, 3.05) is 12.4 Å². The van der Waals surface area contributed by atoms with E-state index in [1.54, 1.807) is 18.2 Å². The fraction of sp³-hybridized carbons (Fsp3) is 0.686. The molecule has 1 aromatic carbocycles. The summed E-state index contributed by atoms with van der Waals surface area (Å²) in [5.41, 5.74) is 0.407. The maximum absolute atomic E-state index is 13.0. The van der Waals surface area contributed by atoms with Crippen molar-refractivity contribution in [2.45, 2.75) is 96.9 Å². The zero-order valence-corrected chi connectivity index (χ0v) is 26.8. The molecule has 0 aromatic heterocycles. The minimum atomic E-state index is -0.346. The van der Waals surface area contributed by atoms with Crippen molar-refractivity contribution in [2.24, 2.45) is 46.3 Å². The zero-order valence-electron chi connectivity index (χ0n) is 26.8. The van der Waals surface area contributed by atoms with Gasteiger partial charge in [-0.25, -0.2) is 0 Å². The molecule has 1 N–H and O–H groups in total. The van der Waals surface area contributed by atoms with E-state index in [0.717, 1.165) is 38.5 Å². The number of benzene rings is 1. The lowest BCUT2D eigenvalue weighted by atomic mass is 9.43. The lowest BCUT2D eigenvalue weighted by Crippen LogP contribution is -2.63. The Labute approximate surface area is 265 Å². The topological polar surface area (TPSA) is 134 Å². The summed E-state index contributed by atoms with van der Waals surface area (Å²) in [7, 11) is 1.53. The third-order valence-electron chi connectivity index (χ3n) is 12.6. The van der Waals surface area contributed by atoms with Gasteiger partial charge in [0.1, 0.15) is 24.1 Å². The largest absolute Gasteiger partial charge is 0.497 e. The van der Waals surface area contributed by atoms with Crippen molar-refractivity contribution >= 4 is 37.3 Å². The van der Waals surface area contributed by atoms with Gasteiger partial charge < -0.3 is 24.3 Å². The number of carbonyl (C=O) groups is 5. The Morgan fingerprint density at radius 2 is 1.73 bits per heavy atom. The van der Waals surface area contributed by atoms with Crippen LogP contribution in [0.1, 0.15) is 88.9 Å². The lowest BCUT2D eigenvalue weighted by molar-refractivity contribution is -0.218. The molecule has 5 rings (SSSR count). The molecule has 4 aliphatic rings. The monoisotopic (exact) mass is 625 g/mol. The Bertz CT molecular complexity index is 1270. The lowest BCUT2D eigenvalue weighted by Gasteiger charge is -2.64. The number of ether oxygens (including phenoxy) is 4. The van der Waals surface area contributed by atoms with Crippen LogP contribution in [0.25, 0.3) is 0 Å². The third kappa shape index (κ3) is 5.97. The number of hydrogen-bond acceptors (Lipinski definition) is 9. The number of nitrogens with one attached hydrogen (secondary N) is 1. The minimum absolute atomic E-state index is 0.0513. The number of carbonyl (C=O) groups excluding carboxylic acids is 5. The van der Waals surface area contributed by atoms with Gasteiger partial charge in [0.05, 0.1) is 12.8 Å². The Morgan fingerprint density at radius 1 is 0.978 bits per heavy atom. The summed E-state index contributed by atoms with van der Waals surface area (Å²) < 4.78 is 22.5. The fourth-order valence-electron chi connectivity index (χ4n) is 10.4. The van der Waals surface area contributed by atoms with Gasteiger partial charge in [0, 0.05) is 29.4 Å². The molecule has 4 aliphatic carbocycles. The number of methoxy groups -OCH3 is 1. The van der Waals surface area contributed by atoms with Gasteiger partial charge in [0.25, 0.3) is 19.4 Å². The second-order valence-electron chi connectivity index (χ2n) is 14.3. The van der Waals surface area contributed by atoms with Crippen LogP contribution < -0.4 is 10.1 Å². The molecule has 0 spiro atoms. The van der Waals surface area contributed by atoms with E-state index in [4.69, 9.17) is 18.9 Å². The van der Waals surface area contributed by atoms with Crippen molar-refractivity contribution in [1.82, 2.24) is 0 Å². The van der Waals surface area contributed by atoms with Gasteiger partial charge in [-0.1, -0.05) is 20.8 Å². The Morgan fingerprint density at radius 3 is 2.42 bits per heavy atom. The third-order valence-corrected chi connectivity index (χ3v) is 12.6. The SMILES string of the molecule is COc1ccc(C=O)c(NC(=O)CC[C@@H](C)[C@H]2CC[C@H]3[C@@H]4[C@H](OC=O)C[C@@H]5CC(OC=O)CC[C@]5(C)[C@H]4C[C@H](OC=O)[C@]23C)c1. The van der Waals surface area contributed by atoms with E-state index in [9.17, 15) is 24.0 Å². The summed E-state index contributed by atoms with van der Waals surface area (Å²) in [4.78, 5) is 59.4. The quantitative estimate of drug-likeness (QED) is 0.227. The molecule has 10 heteroatoms. The summed E-state index contributed by atoms with van der Waals surface area (Å²) in [5.74, 6) is 1.45. The fourth-order valence-corrected chi connectivity index (χ4v) is 10.4. The molecule has 0 heterocycles. The average molecular weight is 626 g/mol. The van der Waals surface area contributed by atoms with E-state index in [1.165, 1.54) is 7.11 Å². The van der Waals surface area contributed by atoms with Crippen LogP contribution in [0, 0.1) is 46.3 Å². The molecule has 10 nitrogen and oxygen atoms in total. The Kier molecular flexibility index (Phi) is 9.89. The molecule has 1 unspecified atom stereocenters. The molecule has 0 saturated heterocycles. The molecule has 0 aliphatic heterocycles. The van der Waals surface area contributed by atoms with Crippen LogP contribution >= 0.6 is 0 Å². The molecule has 45 heavy (non-hydrogen) atoms. The highest BCUT2D eigenvalue weighted by Gasteiger charge is 2.67. The van der Waals surface area contributed by atoms with Gasteiger partial charge in [-0.3, -0.25) is 24.0 Å². The predicted molar refractivity (Wildman–Crippen MR) is 164 cm³/mol. The van der Waals surface area contributed by atoms with Crippen molar-refractivity contribution < 1.29 is 42.9 Å². The summed E-state index contributed by atoms with van der Waals surface area (Å²) in [6, 6.07) is 4.94. The highest BCUT2D eigenvalue weighted by Crippen LogP contribution is 2.69. The van der Waals surface area contributed by atoms with Gasteiger partial charge in [0.15, 0.2) is 6.29 Å². The number of aldehydes is 1. The van der Waals surface area contributed by atoms with Crippen LogP contribution in [0.3, 0.4) is 0 Å². The van der Waals surface area contributed by atoms with Crippen LogP contribution in [-0.4, -0.2) is 57.0 Å². The van der Waals surface area contributed by atoms with Gasteiger partial charge in [-0.05, 0) is 98.5 Å². The molecule has 4 fully saturated rings. The average Bonchev–Trinajstić information content (AvgIpc) is 3.39. The van der Waals surface area contributed by atoms with Gasteiger partial charge >= 0.3 is 0 Å². The highest BCUT2D eigenvalue weighted by molar-refractivity contribution is 5.96. The van der Waals surface area contributed by atoms with Gasteiger partial charge in [-0.2, -0.15) is 0 Å². The second-order valence-corrected chi connectivity index (χ2v) is 14.3. The standard InChI is InChI=1S/C35H47NO9/c1-21(5-10-32(41)36-29-15-24(42-4)7-6-22(29)17-37)26-8-9-27-33-28(16-31(45-20-40)35(26,27)3)34(2)12-11-25(43-18-38)13-23(34)14-30(33)44-19-39/h6-7,15,17-21,23,25-28,30-31,33H,5,8-14,16H2,1-4H3,(H,36,41)/t21-,23+,25?,26-,27+,28+,30-,31+,33+,34+,35-/m1/s1. The first kappa shape index (κ1) is 32.9. The van der Waals surface area contributed by atoms with Crippen LogP contribution in [0.4, 0.5) is 5.69 Å². The van der Waals surface area contributed by atoms with E-state index in [1.807, 2.05) is 0 Å². The number of hydrogen-bond donors (Lipinski definition) is 1. The summed E-state index contributed by atoms with van der Waals surface area (Å²) in [6.07, 6.45) is 6.65. The molecule has 11 atom stereocenters. The van der Waals surface area contributed by atoms with Crippen LogP contribution in [0.5, 0.6) is 5.75 Å². The smallest absolute Gasteiger partial charge is 0.293 e. The van der Waals surface area contributed by atoms with Gasteiger partial charge in [-0.15, -0.1) is 0 Å².